The molecule has 0 spiro atoms. The van der Waals surface area contributed by atoms with Gasteiger partial charge < -0.3 is 11.1 Å². The molecule has 0 amide bonds. The van der Waals surface area contributed by atoms with Gasteiger partial charge in [0.15, 0.2) is 5.82 Å². The third kappa shape index (κ3) is 2.38. The van der Waals surface area contributed by atoms with Crippen LogP contribution in [-0.4, -0.2) is 10.2 Å². The van der Waals surface area contributed by atoms with E-state index in [9.17, 15) is 4.39 Å². The third-order valence-corrected chi connectivity index (χ3v) is 2.21. The number of nitrogens with two attached hydrogens (primary N) is 1. The minimum atomic E-state index is -0.379. The van der Waals surface area contributed by atoms with Gasteiger partial charge in [0, 0.05) is 0 Å². The van der Waals surface area contributed by atoms with Gasteiger partial charge in [-0.25, -0.2) is 4.39 Å². The van der Waals surface area contributed by atoms with E-state index in [1.54, 1.807) is 12.1 Å². The highest BCUT2D eigenvalue weighted by molar-refractivity contribution is 6.33. The fraction of sp³-hybridized carbons (Fsp3) is 0. The Hall–Kier alpha value is -1.88. The molecule has 0 aliphatic carbocycles. The molecular weight excluding hydrogens is 231 g/mol. The van der Waals surface area contributed by atoms with Gasteiger partial charge in [-0.05, 0) is 30.3 Å². The van der Waals surface area contributed by atoms with Crippen LogP contribution < -0.4 is 11.1 Å². The maximum atomic E-state index is 13.0. The first-order valence-electron chi connectivity index (χ1n) is 4.46. The first-order chi connectivity index (χ1) is 7.65. The number of aromatic nitrogens is 2. The number of benzene rings is 1. The SMILES string of the molecule is Nc1ccc(Nc2cc(F)ccc2Cl)nn1. The lowest BCUT2D eigenvalue weighted by atomic mass is 10.3. The van der Waals surface area contributed by atoms with E-state index in [0.717, 1.165) is 0 Å². The average molecular weight is 239 g/mol. The Morgan fingerprint density at radius 3 is 2.69 bits per heavy atom. The second-order valence-corrected chi connectivity index (χ2v) is 3.50. The average Bonchev–Trinajstić information content (AvgIpc) is 2.27. The lowest BCUT2D eigenvalue weighted by molar-refractivity contribution is 0.628. The van der Waals surface area contributed by atoms with Crippen LogP contribution in [0.5, 0.6) is 0 Å². The maximum absolute atomic E-state index is 13.0. The maximum Gasteiger partial charge on any atom is 0.153 e. The highest BCUT2D eigenvalue weighted by Gasteiger charge is 2.03. The molecule has 0 saturated heterocycles. The largest absolute Gasteiger partial charge is 0.382 e. The molecule has 1 aromatic heterocycles. The molecule has 0 radical (unpaired) electrons. The van der Waals surface area contributed by atoms with Crippen molar-refractivity contribution in [2.75, 3.05) is 11.1 Å². The Balaban J connectivity index is 2.26. The normalized spacial score (nSPS) is 10.1. The summed E-state index contributed by atoms with van der Waals surface area (Å²) < 4.78 is 13.0. The molecule has 0 aliphatic heterocycles. The predicted octanol–water partition coefficient (Wildman–Crippen LogP) is 2.59. The summed E-state index contributed by atoms with van der Waals surface area (Å²) in [5.41, 5.74) is 5.82. The summed E-state index contributed by atoms with van der Waals surface area (Å²) in [6.45, 7) is 0. The van der Waals surface area contributed by atoms with Gasteiger partial charge >= 0.3 is 0 Å². The summed E-state index contributed by atoms with van der Waals surface area (Å²) in [6.07, 6.45) is 0. The van der Waals surface area contributed by atoms with E-state index in [2.05, 4.69) is 15.5 Å². The van der Waals surface area contributed by atoms with Crippen molar-refractivity contribution in [3.05, 3.63) is 41.2 Å². The van der Waals surface area contributed by atoms with Crippen molar-refractivity contribution in [1.29, 1.82) is 0 Å². The van der Waals surface area contributed by atoms with Crippen LogP contribution in [0.2, 0.25) is 5.02 Å². The zero-order valence-corrected chi connectivity index (χ0v) is 8.87. The van der Waals surface area contributed by atoms with E-state index >= 15 is 0 Å². The van der Waals surface area contributed by atoms with Gasteiger partial charge in [0.2, 0.25) is 0 Å². The Kier molecular flexibility index (Phi) is 2.87. The summed E-state index contributed by atoms with van der Waals surface area (Å²) in [7, 11) is 0. The minimum absolute atomic E-state index is 0.316. The van der Waals surface area contributed by atoms with Gasteiger partial charge in [-0.15, -0.1) is 10.2 Å². The van der Waals surface area contributed by atoms with E-state index < -0.39 is 0 Å². The van der Waals surface area contributed by atoms with Crippen LogP contribution in [0, 0.1) is 5.82 Å². The van der Waals surface area contributed by atoms with Crippen molar-refractivity contribution < 1.29 is 4.39 Å². The molecule has 0 saturated carbocycles. The molecule has 3 N–H and O–H groups in total. The van der Waals surface area contributed by atoms with Gasteiger partial charge in [-0.2, -0.15) is 0 Å². The van der Waals surface area contributed by atoms with Crippen LogP contribution >= 0.6 is 11.6 Å². The zero-order valence-electron chi connectivity index (χ0n) is 8.11. The Labute approximate surface area is 96.3 Å². The molecule has 1 aromatic carbocycles. The van der Waals surface area contributed by atoms with Crippen molar-refractivity contribution in [3.63, 3.8) is 0 Å². The topological polar surface area (TPSA) is 63.8 Å². The molecule has 0 bridgehead atoms. The fourth-order valence-electron chi connectivity index (χ4n) is 1.14. The van der Waals surface area contributed by atoms with Gasteiger partial charge in [-0.3, -0.25) is 0 Å². The highest BCUT2D eigenvalue weighted by Crippen LogP contribution is 2.25. The first-order valence-corrected chi connectivity index (χ1v) is 4.84. The summed E-state index contributed by atoms with van der Waals surface area (Å²) in [4.78, 5) is 0. The number of hydrogen-bond donors (Lipinski definition) is 2. The molecule has 4 nitrogen and oxygen atoms in total. The summed E-state index contributed by atoms with van der Waals surface area (Å²) in [5.74, 6) is 0.382. The second kappa shape index (κ2) is 4.32. The predicted molar refractivity (Wildman–Crippen MR) is 61.1 cm³/mol. The molecular formula is C10H8ClFN4. The number of anilines is 3. The van der Waals surface area contributed by atoms with E-state index in [-0.39, 0.29) is 5.82 Å². The van der Waals surface area contributed by atoms with Crippen LogP contribution in [0.3, 0.4) is 0 Å². The van der Waals surface area contributed by atoms with E-state index in [0.29, 0.717) is 22.3 Å². The molecule has 1 heterocycles. The van der Waals surface area contributed by atoms with Crippen molar-refractivity contribution in [2.45, 2.75) is 0 Å². The van der Waals surface area contributed by atoms with Gasteiger partial charge in [0.1, 0.15) is 11.6 Å². The van der Waals surface area contributed by atoms with Crippen molar-refractivity contribution in [3.8, 4) is 0 Å². The molecule has 82 valence electrons. The molecule has 0 aliphatic rings. The number of nitrogens with one attached hydrogen (secondary N) is 1. The quantitative estimate of drug-likeness (QED) is 0.844. The molecule has 2 rings (SSSR count). The van der Waals surface area contributed by atoms with E-state index in [4.69, 9.17) is 17.3 Å². The minimum Gasteiger partial charge on any atom is -0.382 e. The number of hydrogen-bond acceptors (Lipinski definition) is 4. The number of nitrogen functional groups attached to an aromatic ring is 1. The van der Waals surface area contributed by atoms with Crippen molar-refractivity contribution in [1.82, 2.24) is 10.2 Å². The van der Waals surface area contributed by atoms with Crippen molar-refractivity contribution in [2.24, 2.45) is 0 Å². The van der Waals surface area contributed by atoms with E-state index in [1.807, 2.05) is 0 Å². The Morgan fingerprint density at radius 1 is 1.19 bits per heavy atom. The summed E-state index contributed by atoms with van der Waals surface area (Å²) in [5, 5.41) is 10.7. The fourth-order valence-corrected chi connectivity index (χ4v) is 1.31. The second-order valence-electron chi connectivity index (χ2n) is 3.09. The summed E-state index contributed by atoms with van der Waals surface area (Å²) >= 11 is 5.88. The first kappa shape index (κ1) is 10.6. The van der Waals surface area contributed by atoms with Gasteiger partial charge in [0.05, 0.1) is 10.7 Å². The summed E-state index contributed by atoms with van der Waals surface area (Å²) in [6, 6.07) is 7.23. The number of halogens is 2. The molecule has 0 atom stereocenters. The molecule has 0 unspecified atom stereocenters. The number of rotatable bonds is 2. The number of nitrogens with zero attached hydrogens (tertiary/aromatic N) is 2. The lowest BCUT2D eigenvalue weighted by Crippen LogP contribution is -1.98. The molecule has 16 heavy (non-hydrogen) atoms. The van der Waals surface area contributed by atoms with Crippen LogP contribution in [0.15, 0.2) is 30.3 Å². The monoisotopic (exact) mass is 238 g/mol. The molecule has 0 fully saturated rings. The van der Waals surface area contributed by atoms with Crippen LogP contribution in [0.1, 0.15) is 0 Å². The Morgan fingerprint density at radius 2 is 2.00 bits per heavy atom. The third-order valence-electron chi connectivity index (χ3n) is 1.88. The highest BCUT2D eigenvalue weighted by atomic mass is 35.5. The lowest BCUT2D eigenvalue weighted by Gasteiger charge is -2.06. The Bertz CT molecular complexity index is 501. The smallest absolute Gasteiger partial charge is 0.153 e. The van der Waals surface area contributed by atoms with Crippen LogP contribution in [0.4, 0.5) is 21.7 Å². The van der Waals surface area contributed by atoms with Crippen LogP contribution in [-0.2, 0) is 0 Å². The van der Waals surface area contributed by atoms with Crippen molar-refractivity contribution >= 4 is 28.9 Å². The zero-order chi connectivity index (χ0) is 11.5. The van der Waals surface area contributed by atoms with Gasteiger partial charge in [0.25, 0.3) is 0 Å². The van der Waals surface area contributed by atoms with Gasteiger partial charge in [-0.1, -0.05) is 11.6 Å². The van der Waals surface area contributed by atoms with Crippen LogP contribution in [0.25, 0.3) is 0 Å². The molecule has 2 aromatic rings. The standard InChI is InChI=1S/C10H8ClFN4/c11-7-2-1-6(12)5-8(7)14-10-4-3-9(13)15-16-10/h1-5H,(H2,13,15)(H,14,16). The van der Waals surface area contributed by atoms with E-state index in [1.165, 1.54) is 18.2 Å². The molecule has 6 heteroatoms.